The molecule has 0 radical (unpaired) electrons. The molecule has 0 fully saturated rings. The van der Waals surface area contributed by atoms with Crippen molar-refractivity contribution in [2.45, 2.75) is 19.3 Å². The van der Waals surface area contributed by atoms with Crippen molar-refractivity contribution >= 4 is 43.7 Å². The molecule has 1 aliphatic rings. The zero-order valence-corrected chi connectivity index (χ0v) is 16.3. The second kappa shape index (κ2) is 4.90. The van der Waals surface area contributed by atoms with Crippen LogP contribution in [0.5, 0.6) is 0 Å². The molecule has 0 bridgehead atoms. The molecule has 7 rings (SSSR count). The van der Waals surface area contributed by atoms with Crippen molar-refractivity contribution in [3.63, 3.8) is 0 Å². The summed E-state index contributed by atoms with van der Waals surface area (Å²) in [7, 11) is 0. The number of fused-ring (bicyclic) bond motifs is 11. The lowest BCUT2D eigenvalue weighted by Crippen LogP contribution is -2.15. The number of H-pyrrole nitrogens is 1. The van der Waals surface area contributed by atoms with Crippen LogP contribution >= 0.6 is 0 Å². The SMILES string of the molecule is CC1(C)c2c(ccc3[nH]c4ccccc4c23)-c2ccc3oc4ccccc4c3c21. The summed E-state index contributed by atoms with van der Waals surface area (Å²) in [6.45, 7) is 4.72. The minimum absolute atomic E-state index is 0.124. The van der Waals surface area contributed by atoms with Gasteiger partial charge in [0.25, 0.3) is 0 Å². The van der Waals surface area contributed by atoms with E-state index in [0.717, 1.165) is 11.2 Å². The Labute approximate surface area is 167 Å². The number of furan rings is 1. The van der Waals surface area contributed by atoms with Crippen LogP contribution in [0, 0.1) is 0 Å². The minimum atomic E-state index is -0.124. The molecule has 0 unspecified atom stereocenters. The molecular weight excluding hydrogens is 354 g/mol. The Morgan fingerprint density at radius 3 is 2.17 bits per heavy atom. The lowest BCUT2D eigenvalue weighted by atomic mass is 9.79. The highest BCUT2D eigenvalue weighted by Gasteiger charge is 2.40. The van der Waals surface area contributed by atoms with E-state index < -0.39 is 0 Å². The highest BCUT2D eigenvalue weighted by molar-refractivity contribution is 6.16. The van der Waals surface area contributed by atoms with Crippen LogP contribution in [0.2, 0.25) is 0 Å². The van der Waals surface area contributed by atoms with Crippen LogP contribution < -0.4 is 0 Å². The molecule has 0 saturated heterocycles. The third-order valence-corrected chi connectivity index (χ3v) is 6.75. The molecule has 2 heteroatoms. The van der Waals surface area contributed by atoms with Gasteiger partial charge in [-0.15, -0.1) is 0 Å². The van der Waals surface area contributed by atoms with Crippen molar-refractivity contribution in [3.8, 4) is 11.1 Å². The van der Waals surface area contributed by atoms with E-state index in [1.54, 1.807) is 0 Å². The molecule has 2 nitrogen and oxygen atoms in total. The maximum absolute atomic E-state index is 6.21. The third kappa shape index (κ3) is 1.73. The fraction of sp³-hybridized carbons (Fsp3) is 0.111. The van der Waals surface area contributed by atoms with E-state index in [-0.39, 0.29) is 5.41 Å². The number of nitrogens with one attached hydrogen (secondary N) is 1. The van der Waals surface area contributed by atoms with Gasteiger partial charge < -0.3 is 9.40 Å². The minimum Gasteiger partial charge on any atom is -0.456 e. The van der Waals surface area contributed by atoms with E-state index in [1.165, 1.54) is 54.8 Å². The smallest absolute Gasteiger partial charge is 0.135 e. The average molecular weight is 373 g/mol. The molecule has 0 aliphatic heterocycles. The van der Waals surface area contributed by atoms with Crippen LogP contribution in [-0.2, 0) is 5.41 Å². The number of aromatic nitrogens is 1. The number of hydrogen-bond donors (Lipinski definition) is 1. The Balaban J connectivity index is 1.70. The lowest BCUT2D eigenvalue weighted by Gasteiger charge is -2.23. The van der Waals surface area contributed by atoms with Gasteiger partial charge in [-0.1, -0.05) is 62.4 Å². The third-order valence-electron chi connectivity index (χ3n) is 6.75. The zero-order valence-electron chi connectivity index (χ0n) is 16.3. The van der Waals surface area contributed by atoms with E-state index in [0.29, 0.717) is 0 Å². The summed E-state index contributed by atoms with van der Waals surface area (Å²) in [4.78, 5) is 3.62. The topological polar surface area (TPSA) is 28.9 Å². The fourth-order valence-corrected chi connectivity index (χ4v) is 5.63. The van der Waals surface area contributed by atoms with Gasteiger partial charge >= 0.3 is 0 Å². The quantitative estimate of drug-likeness (QED) is 0.293. The van der Waals surface area contributed by atoms with Gasteiger partial charge in [0.2, 0.25) is 0 Å². The summed E-state index contributed by atoms with van der Waals surface area (Å²) in [6, 6.07) is 25.9. The molecule has 1 aliphatic carbocycles. The van der Waals surface area contributed by atoms with Crippen molar-refractivity contribution in [2.75, 3.05) is 0 Å². The van der Waals surface area contributed by atoms with Gasteiger partial charge in [0, 0.05) is 38.0 Å². The number of aromatic amines is 1. The van der Waals surface area contributed by atoms with E-state index in [1.807, 2.05) is 6.07 Å². The van der Waals surface area contributed by atoms with Crippen LogP contribution in [0.3, 0.4) is 0 Å². The van der Waals surface area contributed by atoms with Gasteiger partial charge in [-0.25, -0.2) is 0 Å². The van der Waals surface area contributed by atoms with E-state index in [4.69, 9.17) is 4.42 Å². The Hall–Kier alpha value is -3.52. The van der Waals surface area contributed by atoms with Crippen molar-refractivity contribution < 1.29 is 4.42 Å². The Bertz CT molecular complexity index is 1510. The molecule has 0 amide bonds. The highest BCUT2D eigenvalue weighted by atomic mass is 16.3. The largest absolute Gasteiger partial charge is 0.456 e. The summed E-state index contributed by atoms with van der Waals surface area (Å²) in [5.74, 6) is 0. The summed E-state index contributed by atoms with van der Waals surface area (Å²) in [5.41, 5.74) is 9.68. The molecule has 1 N–H and O–H groups in total. The molecule has 29 heavy (non-hydrogen) atoms. The number of para-hydroxylation sites is 2. The van der Waals surface area contributed by atoms with Crippen molar-refractivity contribution in [2.24, 2.45) is 0 Å². The predicted octanol–water partition coefficient (Wildman–Crippen LogP) is 7.53. The van der Waals surface area contributed by atoms with Crippen molar-refractivity contribution in [1.29, 1.82) is 0 Å². The monoisotopic (exact) mass is 373 g/mol. The molecule has 4 aromatic carbocycles. The first-order valence-electron chi connectivity index (χ1n) is 10.1. The van der Waals surface area contributed by atoms with Crippen molar-refractivity contribution in [3.05, 3.63) is 83.9 Å². The number of rotatable bonds is 0. The second-order valence-electron chi connectivity index (χ2n) is 8.67. The Kier molecular flexibility index (Phi) is 2.60. The maximum atomic E-state index is 6.21. The van der Waals surface area contributed by atoms with Gasteiger partial charge in [0.1, 0.15) is 11.2 Å². The van der Waals surface area contributed by atoms with Crippen molar-refractivity contribution in [1.82, 2.24) is 4.98 Å². The van der Waals surface area contributed by atoms with Gasteiger partial charge in [0.05, 0.1) is 0 Å². The van der Waals surface area contributed by atoms with Crippen LogP contribution in [-0.4, -0.2) is 4.98 Å². The van der Waals surface area contributed by atoms with Crippen LogP contribution in [0.1, 0.15) is 25.0 Å². The molecule has 2 heterocycles. The maximum Gasteiger partial charge on any atom is 0.135 e. The average Bonchev–Trinajstić information content (AvgIpc) is 3.36. The second-order valence-corrected chi connectivity index (χ2v) is 8.67. The molecule has 138 valence electrons. The van der Waals surface area contributed by atoms with E-state index >= 15 is 0 Å². The zero-order chi connectivity index (χ0) is 19.3. The number of benzene rings is 4. The molecule has 2 aromatic heterocycles. The summed E-state index contributed by atoms with van der Waals surface area (Å²) in [5, 5.41) is 5.11. The van der Waals surface area contributed by atoms with E-state index in [2.05, 4.69) is 85.6 Å². The van der Waals surface area contributed by atoms with Gasteiger partial charge in [0.15, 0.2) is 0 Å². The van der Waals surface area contributed by atoms with Gasteiger partial charge in [-0.3, -0.25) is 0 Å². The van der Waals surface area contributed by atoms with Gasteiger partial charge in [-0.2, -0.15) is 0 Å². The standard InChI is InChI=1S/C27H19NO/c1-27(2)25-15(11-13-20-23(25)17-7-3-5-9-19(17)28-20)16-12-14-22-24(26(16)27)18-8-4-6-10-21(18)29-22/h3-14,28H,1-2H3. The molecule has 0 atom stereocenters. The first-order valence-corrected chi connectivity index (χ1v) is 10.1. The van der Waals surface area contributed by atoms with Crippen LogP contribution in [0.4, 0.5) is 0 Å². The Morgan fingerprint density at radius 1 is 0.621 bits per heavy atom. The highest BCUT2D eigenvalue weighted by Crippen LogP contribution is 2.55. The Morgan fingerprint density at radius 2 is 1.31 bits per heavy atom. The molecule has 6 aromatic rings. The van der Waals surface area contributed by atoms with Crippen LogP contribution in [0.15, 0.2) is 77.2 Å². The molecule has 0 saturated carbocycles. The van der Waals surface area contributed by atoms with E-state index in [9.17, 15) is 0 Å². The first kappa shape index (κ1) is 15.4. The normalized spacial score (nSPS) is 14.8. The summed E-state index contributed by atoms with van der Waals surface area (Å²) < 4.78 is 6.21. The fourth-order valence-electron chi connectivity index (χ4n) is 5.63. The molecular formula is C27H19NO. The lowest BCUT2D eigenvalue weighted by molar-refractivity contribution is 0.660. The number of hydrogen-bond acceptors (Lipinski definition) is 1. The summed E-state index contributed by atoms with van der Waals surface area (Å²) >= 11 is 0. The van der Waals surface area contributed by atoms with Crippen LogP contribution in [0.25, 0.3) is 54.9 Å². The summed E-state index contributed by atoms with van der Waals surface area (Å²) in [6.07, 6.45) is 0. The first-order chi connectivity index (χ1) is 14.1. The van der Waals surface area contributed by atoms with Gasteiger partial charge in [-0.05, 0) is 46.5 Å². The predicted molar refractivity (Wildman–Crippen MR) is 121 cm³/mol. The molecule has 0 spiro atoms.